The Kier molecular flexibility index (Phi) is 9.39. The number of carbonyl (C=O) groups excluding carboxylic acids is 1. The SMILES string of the molecule is CCCCOc1ccc(-c2nn(-c3ccccc3)cc2C=C(C#N)C(=O)Nc2ccc(OCC)cc2)cc1Cl. The number of aromatic nitrogens is 2. The monoisotopic (exact) mass is 540 g/mol. The number of nitrogens with one attached hydrogen (secondary N) is 1. The predicted octanol–water partition coefficient (Wildman–Crippen LogP) is 7.32. The van der Waals surface area contributed by atoms with E-state index in [9.17, 15) is 10.1 Å². The van der Waals surface area contributed by atoms with Gasteiger partial charge in [0, 0.05) is 23.0 Å². The van der Waals surface area contributed by atoms with Crippen LogP contribution in [0.25, 0.3) is 23.0 Å². The highest BCUT2D eigenvalue weighted by Gasteiger charge is 2.17. The second kappa shape index (κ2) is 13.3. The van der Waals surface area contributed by atoms with E-state index in [1.165, 1.54) is 6.08 Å². The number of anilines is 1. The normalized spacial score (nSPS) is 11.1. The molecule has 1 N–H and O–H groups in total. The van der Waals surface area contributed by atoms with Crippen molar-refractivity contribution in [3.8, 4) is 34.5 Å². The van der Waals surface area contributed by atoms with E-state index in [0.717, 1.165) is 24.1 Å². The Bertz CT molecular complexity index is 1490. The number of para-hydroxylation sites is 1. The van der Waals surface area contributed by atoms with E-state index in [1.54, 1.807) is 41.2 Å². The van der Waals surface area contributed by atoms with Crippen LogP contribution in [0.5, 0.6) is 11.5 Å². The fraction of sp³-hybridized carbons (Fsp3) is 0.194. The molecule has 0 unspecified atom stereocenters. The molecular weight excluding hydrogens is 512 g/mol. The second-order valence-electron chi connectivity index (χ2n) is 8.64. The van der Waals surface area contributed by atoms with E-state index in [4.69, 9.17) is 26.2 Å². The highest BCUT2D eigenvalue weighted by Crippen LogP contribution is 2.33. The lowest BCUT2D eigenvalue weighted by atomic mass is 10.1. The number of nitriles is 1. The fourth-order valence-electron chi connectivity index (χ4n) is 3.83. The standard InChI is InChI=1S/C31H29ClN4O3/c1-3-5-17-39-29-16-11-22(19-28(29)32)30-24(21-36(35-30)26-9-7-6-8-10-26)18-23(20-33)31(37)34-25-12-14-27(15-13-25)38-4-2/h6-16,18-19,21H,3-5,17H2,1-2H3,(H,34,37). The van der Waals surface area contributed by atoms with Gasteiger partial charge in [-0.1, -0.05) is 43.1 Å². The summed E-state index contributed by atoms with van der Waals surface area (Å²) in [4.78, 5) is 13.0. The van der Waals surface area contributed by atoms with Gasteiger partial charge in [-0.3, -0.25) is 4.79 Å². The fourth-order valence-corrected chi connectivity index (χ4v) is 4.06. The number of nitrogens with zero attached hydrogens (tertiary/aromatic N) is 3. The van der Waals surface area contributed by atoms with Crippen LogP contribution in [0.2, 0.25) is 5.02 Å². The molecule has 0 radical (unpaired) electrons. The van der Waals surface area contributed by atoms with E-state index in [1.807, 2.05) is 55.5 Å². The molecule has 39 heavy (non-hydrogen) atoms. The van der Waals surface area contributed by atoms with Gasteiger partial charge in [0.25, 0.3) is 5.91 Å². The molecule has 198 valence electrons. The Hall–Kier alpha value is -4.54. The van der Waals surface area contributed by atoms with Gasteiger partial charge in [0.2, 0.25) is 0 Å². The Morgan fingerprint density at radius 1 is 1.08 bits per heavy atom. The van der Waals surface area contributed by atoms with Crippen molar-refractivity contribution in [3.05, 3.63) is 95.2 Å². The molecular formula is C31H29ClN4O3. The minimum absolute atomic E-state index is 0.0663. The number of unbranched alkanes of at least 4 members (excludes halogenated alkanes) is 1. The van der Waals surface area contributed by atoms with E-state index < -0.39 is 5.91 Å². The van der Waals surface area contributed by atoms with E-state index >= 15 is 0 Å². The maximum Gasteiger partial charge on any atom is 0.266 e. The molecule has 1 amide bonds. The summed E-state index contributed by atoms with van der Waals surface area (Å²) >= 11 is 6.54. The first kappa shape index (κ1) is 27.5. The molecule has 1 heterocycles. The van der Waals surface area contributed by atoms with E-state index in [-0.39, 0.29) is 5.57 Å². The first-order valence-corrected chi connectivity index (χ1v) is 13.1. The number of hydrogen-bond acceptors (Lipinski definition) is 5. The zero-order chi connectivity index (χ0) is 27.6. The summed E-state index contributed by atoms with van der Waals surface area (Å²) in [5.41, 5.74) is 3.21. The van der Waals surface area contributed by atoms with Crippen molar-refractivity contribution in [3.63, 3.8) is 0 Å². The van der Waals surface area contributed by atoms with Crippen LogP contribution in [-0.4, -0.2) is 28.9 Å². The minimum Gasteiger partial charge on any atom is -0.494 e. The van der Waals surface area contributed by atoms with Crippen molar-refractivity contribution >= 4 is 29.3 Å². The average Bonchev–Trinajstić information content (AvgIpc) is 3.38. The maximum atomic E-state index is 13.0. The molecule has 0 bridgehead atoms. The average molecular weight is 541 g/mol. The first-order valence-electron chi connectivity index (χ1n) is 12.8. The first-order chi connectivity index (χ1) is 19.0. The lowest BCUT2D eigenvalue weighted by molar-refractivity contribution is -0.112. The molecule has 3 aromatic carbocycles. The molecule has 0 atom stereocenters. The van der Waals surface area contributed by atoms with Crippen molar-refractivity contribution in [2.24, 2.45) is 0 Å². The summed E-state index contributed by atoms with van der Waals surface area (Å²) < 4.78 is 12.9. The summed E-state index contributed by atoms with van der Waals surface area (Å²) in [5, 5.41) is 17.9. The van der Waals surface area contributed by atoms with Crippen LogP contribution in [0.4, 0.5) is 5.69 Å². The summed E-state index contributed by atoms with van der Waals surface area (Å²) in [7, 11) is 0. The number of ether oxygens (including phenoxy) is 2. The third kappa shape index (κ3) is 7.07. The molecule has 0 spiro atoms. The molecule has 0 saturated carbocycles. The Morgan fingerprint density at radius 2 is 1.85 bits per heavy atom. The third-order valence-corrected chi connectivity index (χ3v) is 6.11. The predicted molar refractivity (Wildman–Crippen MR) is 154 cm³/mol. The molecule has 0 aliphatic heterocycles. The molecule has 0 fully saturated rings. The summed E-state index contributed by atoms with van der Waals surface area (Å²) in [6, 6.07) is 24.0. The summed E-state index contributed by atoms with van der Waals surface area (Å²) in [6.07, 6.45) is 5.27. The minimum atomic E-state index is -0.530. The molecule has 0 aliphatic rings. The van der Waals surface area contributed by atoms with Gasteiger partial charge in [-0.05, 0) is 74.0 Å². The molecule has 8 heteroatoms. The Labute approximate surface area is 233 Å². The van der Waals surface area contributed by atoms with Crippen molar-refractivity contribution in [1.29, 1.82) is 5.26 Å². The lowest BCUT2D eigenvalue weighted by Gasteiger charge is -2.09. The van der Waals surface area contributed by atoms with Crippen LogP contribution < -0.4 is 14.8 Å². The topological polar surface area (TPSA) is 89.2 Å². The number of benzene rings is 3. The van der Waals surface area contributed by atoms with E-state index in [0.29, 0.717) is 46.7 Å². The molecule has 1 aromatic heterocycles. The summed E-state index contributed by atoms with van der Waals surface area (Å²) in [6.45, 7) is 5.13. The van der Waals surface area contributed by atoms with Gasteiger partial charge in [0.05, 0.1) is 23.9 Å². The number of halogens is 1. The van der Waals surface area contributed by atoms with Crippen molar-refractivity contribution < 1.29 is 14.3 Å². The lowest BCUT2D eigenvalue weighted by Crippen LogP contribution is -2.13. The zero-order valence-electron chi connectivity index (χ0n) is 21.9. The number of hydrogen-bond donors (Lipinski definition) is 1. The Balaban J connectivity index is 1.68. The van der Waals surface area contributed by atoms with Crippen molar-refractivity contribution in [2.45, 2.75) is 26.7 Å². The molecule has 0 saturated heterocycles. The van der Waals surface area contributed by atoms with Gasteiger partial charge in [0.1, 0.15) is 28.8 Å². The van der Waals surface area contributed by atoms with Crippen LogP contribution in [0.15, 0.2) is 84.6 Å². The van der Waals surface area contributed by atoms with Gasteiger partial charge >= 0.3 is 0 Å². The number of carbonyl (C=O) groups is 1. The maximum absolute atomic E-state index is 13.0. The number of rotatable bonds is 11. The quantitative estimate of drug-likeness (QED) is 0.122. The molecule has 4 aromatic rings. The third-order valence-electron chi connectivity index (χ3n) is 5.81. The number of amides is 1. The highest BCUT2D eigenvalue weighted by atomic mass is 35.5. The van der Waals surface area contributed by atoms with Crippen LogP contribution in [0.3, 0.4) is 0 Å². The summed E-state index contributed by atoms with van der Waals surface area (Å²) in [5.74, 6) is 0.767. The van der Waals surface area contributed by atoms with Gasteiger partial charge in [-0.2, -0.15) is 10.4 Å². The Morgan fingerprint density at radius 3 is 2.51 bits per heavy atom. The van der Waals surface area contributed by atoms with Crippen molar-refractivity contribution in [1.82, 2.24) is 9.78 Å². The molecule has 0 aliphatic carbocycles. The highest BCUT2D eigenvalue weighted by molar-refractivity contribution is 6.32. The van der Waals surface area contributed by atoms with Gasteiger partial charge < -0.3 is 14.8 Å². The molecule has 7 nitrogen and oxygen atoms in total. The van der Waals surface area contributed by atoms with Gasteiger partial charge in [-0.15, -0.1) is 0 Å². The van der Waals surface area contributed by atoms with Gasteiger partial charge in [-0.25, -0.2) is 4.68 Å². The smallest absolute Gasteiger partial charge is 0.266 e. The zero-order valence-corrected chi connectivity index (χ0v) is 22.6. The largest absolute Gasteiger partial charge is 0.494 e. The van der Waals surface area contributed by atoms with E-state index in [2.05, 4.69) is 12.2 Å². The van der Waals surface area contributed by atoms with Crippen LogP contribution in [0.1, 0.15) is 32.3 Å². The van der Waals surface area contributed by atoms with Crippen LogP contribution >= 0.6 is 11.6 Å². The van der Waals surface area contributed by atoms with Crippen LogP contribution in [0, 0.1) is 11.3 Å². The molecule has 4 rings (SSSR count). The van der Waals surface area contributed by atoms with Crippen molar-refractivity contribution in [2.75, 3.05) is 18.5 Å². The second-order valence-corrected chi connectivity index (χ2v) is 9.05. The van der Waals surface area contributed by atoms with Crippen LogP contribution in [-0.2, 0) is 4.79 Å². The van der Waals surface area contributed by atoms with Gasteiger partial charge in [0.15, 0.2) is 0 Å².